The number of benzene rings is 1. The number of halogens is 4. The molecule has 10 nitrogen and oxygen atoms in total. The Morgan fingerprint density at radius 1 is 1.10 bits per heavy atom. The zero-order valence-corrected chi connectivity index (χ0v) is 22.6. The summed E-state index contributed by atoms with van der Waals surface area (Å²) in [5.41, 5.74) is -0.602. The number of fused-ring (bicyclic) bond motifs is 2. The third-order valence-electron chi connectivity index (χ3n) is 6.23. The third-order valence-corrected chi connectivity index (χ3v) is 7.62. The molecule has 0 unspecified atom stereocenters. The van der Waals surface area contributed by atoms with Crippen molar-refractivity contribution >= 4 is 38.6 Å². The maximum absolute atomic E-state index is 14.6. The molecular weight excluding hydrogens is 540 g/mol. The highest BCUT2D eigenvalue weighted by Crippen LogP contribution is 2.34. The Morgan fingerprint density at radius 2 is 1.87 bits per heavy atom. The molecule has 0 atom stereocenters. The van der Waals surface area contributed by atoms with E-state index in [4.69, 9.17) is 9.47 Å². The van der Waals surface area contributed by atoms with E-state index in [9.17, 15) is 17.6 Å². The lowest BCUT2D eigenvalue weighted by Gasteiger charge is -2.27. The lowest BCUT2D eigenvalue weighted by molar-refractivity contribution is -0.136. The maximum atomic E-state index is 14.6. The van der Waals surface area contributed by atoms with E-state index >= 15 is 0 Å². The fraction of sp³-hybridized carbons (Fsp3) is 0.500. The van der Waals surface area contributed by atoms with Crippen molar-refractivity contribution in [2.75, 3.05) is 67.6 Å². The molecule has 4 aromatic rings. The van der Waals surface area contributed by atoms with Gasteiger partial charge in [0.05, 0.1) is 38.1 Å². The SMILES string of the molecule is CS(C)(C)CCOCn1c(CNc2nc(N3CCOCC3)nc3c(C(F)(F)F)cnn23)nc2c(F)cccc21. The molecular formula is C24H30F4N8O2S. The lowest BCUT2D eigenvalue weighted by Crippen LogP contribution is -2.37. The standard InChI is InChI=1S/C24H30F4N8O2S/c1-39(2,3)12-11-38-15-35-18-6-4-5-17(25)20(18)31-19(35)14-29-22-33-23(34-7-9-37-10-8-34)32-21-16(24(26,27)28)13-30-36(21)22/h4-6,13H,7-12,14-15H2,1-3H3,(H,29,32,33). The molecule has 3 aromatic heterocycles. The first kappa shape index (κ1) is 27.4. The Kier molecular flexibility index (Phi) is 7.57. The highest BCUT2D eigenvalue weighted by atomic mass is 32.3. The average molecular weight is 571 g/mol. The zero-order chi connectivity index (χ0) is 27.8. The fourth-order valence-electron chi connectivity index (χ4n) is 4.15. The maximum Gasteiger partial charge on any atom is 0.421 e. The van der Waals surface area contributed by atoms with Gasteiger partial charge in [0.15, 0.2) is 11.5 Å². The molecule has 0 amide bonds. The Bertz CT molecular complexity index is 1460. The molecule has 0 spiro atoms. The van der Waals surface area contributed by atoms with Crippen molar-refractivity contribution in [2.45, 2.75) is 19.5 Å². The number of hydrogen-bond donors (Lipinski definition) is 1. The van der Waals surface area contributed by atoms with Crippen LogP contribution in [0, 0.1) is 5.82 Å². The van der Waals surface area contributed by atoms with Gasteiger partial charge in [-0.1, -0.05) is 6.07 Å². The smallest absolute Gasteiger partial charge is 0.378 e. The van der Waals surface area contributed by atoms with E-state index in [1.165, 1.54) is 6.07 Å². The Labute approximate surface area is 223 Å². The van der Waals surface area contributed by atoms with Crippen LogP contribution in [0.15, 0.2) is 24.4 Å². The largest absolute Gasteiger partial charge is 0.421 e. The summed E-state index contributed by atoms with van der Waals surface area (Å²) in [6.07, 6.45) is 2.67. The summed E-state index contributed by atoms with van der Waals surface area (Å²) >= 11 is 0. The van der Waals surface area contributed by atoms with Crippen LogP contribution in [0.3, 0.4) is 0 Å². The molecule has 15 heteroatoms. The van der Waals surface area contributed by atoms with Crippen molar-refractivity contribution < 1.29 is 27.0 Å². The molecule has 1 N–H and O–H groups in total. The molecule has 0 radical (unpaired) electrons. The van der Waals surface area contributed by atoms with E-state index < -0.39 is 27.6 Å². The predicted octanol–water partition coefficient (Wildman–Crippen LogP) is 3.75. The third kappa shape index (κ3) is 6.04. The average Bonchev–Trinajstić information content (AvgIpc) is 3.47. The molecule has 39 heavy (non-hydrogen) atoms. The number of morpholine rings is 1. The Morgan fingerprint density at radius 3 is 2.59 bits per heavy atom. The van der Waals surface area contributed by atoms with Gasteiger partial charge in [-0.3, -0.25) is 0 Å². The normalized spacial score (nSPS) is 15.4. The fourth-order valence-corrected chi connectivity index (χ4v) is 4.77. The highest BCUT2D eigenvalue weighted by Gasteiger charge is 2.36. The first-order valence-electron chi connectivity index (χ1n) is 12.3. The molecule has 1 fully saturated rings. The van der Waals surface area contributed by atoms with Crippen molar-refractivity contribution in [2.24, 2.45) is 0 Å². The van der Waals surface area contributed by atoms with Gasteiger partial charge in [0, 0.05) is 18.8 Å². The topological polar surface area (TPSA) is 94.6 Å². The monoisotopic (exact) mass is 570 g/mol. The number of rotatable bonds is 9. The first-order chi connectivity index (χ1) is 18.5. The van der Waals surface area contributed by atoms with E-state index in [1.807, 2.05) is 0 Å². The van der Waals surface area contributed by atoms with Crippen LogP contribution in [0.2, 0.25) is 0 Å². The van der Waals surface area contributed by atoms with Crippen LogP contribution >= 0.6 is 10.0 Å². The van der Waals surface area contributed by atoms with Crippen LogP contribution in [0.25, 0.3) is 16.7 Å². The molecule has 0 saturated carbocycles. The van der Waals surface area contributed by atoms with Gasteiger partial charge in [-0.15, -0.1) is 0 Å². The van der Waals surface area contributed by atoms with Crippen molar-refractivity contribution in [3.8, 4) is 0 Å². The molecule has 5 rings (SSSR count). The van der Waals surface area contributed by atoms with E-state index in [0.29, 0.717) is 44.3 Å². The van der Waals surface area contributed by atoms with E-state index in [1.54, 1.807) is 21.6 Å². The van der Waals surface area contributed by atoms with Crippen LogP contribution in [0.5, 0.6) is 0 Å². The van der Waals surface area contributed by atoms with Crippen molar-refractivity contribution in [3.05, 3.63) is 41.6 Å². The number of ether oxygens (including phenoxy) is 2. The molecule has 1 saturated heterocycles. The summed E-state index contributed by atoms with van der Waals surface area (Å²) < 4.78 is 69.7. The van der Waals surface area contributed by atoms with Gasteiger partial charge in [0.1, 0.15) is 23.6 Å². The number of hydrogen-bond acceptors (Lipinski definition) is 8. The van der Waals surface area contributed by atoms with Crippen molar-refractivity contribution in [3.63, 3.8) is 0 Å². The van der Waals surface area contributed by atoms with Gasteiger partial charge in [-0.05, 0) is 30.9 Å². The second kappa shape index (κ2) is 10.8. The van der Waals surface area contributed by atoms with Gasteiger partial charge >= 0.3 is 6.18 Å². The lowest BCUT2D eigenvalue weighted by atomic mass is 10.3. The number of nitrogens with zero attached hydrogens (tertiary/aromatic N) is 7. The summed E-state index contributed by atoms with van der Waals surface area (Å²) in [5.74, 6) is 1.04. The summed E-state index contributed by atoms with van der Waals surface area (Å²) in [4.78, 5) is 14.9. The summed E-state index contributed by atoms with van der Waals surface area (Å²) in [5, 5.41) is 6.95. The second-order valence-corrected chi connectivity index (χ2v) is 14.6. The second-order valence-electron chi connectivity index (χ2n) is 9.99. The minimum absolute atomic E-state index is 0.0257. The molecule has 1 aliphatic rings. The summed E-state index contributed by atoms with van der Waals surface area (Å²) in [6, 6.07) is 4.67. The predicted molar refractivity (Wildman–Crippen MR) is 142 cm³/mol. The van der Waals surface area contributed by atoms with Crippen molar-refractivity contribution in [1.29, 1.82) is 0 Å². The van der Waals surface area contributed by atoms with Gasteiger partial charge in [0.2, 0.25) is 11.9 Å². The van der Waals surface area contributed by atoms with Gasteiger partial charge in [-0.2, -0.15) is 32.8 Å². The number of alkyl halides is 3. The number of nitrogens with one attached hydrogen (secondary N) is 1. The van der Waals surface area contributed by atoms with Gasteiger partial charge < -0.3 is 24.3 Å². The van der Waals surface area contributed by atoms with Crippen LogP contribution in [0.1, 0.15) is 11.4 Å². The molecule has 4 heterocycles. The van der Waals surface area contributed by atoms with Gasteiger partial charge in [-0.25, -0.2) is 19.4 Å². The van der Waals surface area contributed by atoms with E-state index in [0.717, 1.165) is 16.5 Å². The van der Waals surface area contributed by atoms with E-state index in [2.05, 4.69) is 44.1 Å². The number of imidazole rings is 1. The summed E-state index contributed by atoms with van der Waals surface area (Å²) in [7, 11) is -0.752. The minimum atomic E-state index is -4.65. The van der Waals surface area contributed by atoms with Crippen LogP contribution in [0.4, 0.5) is 29.5 Å². The summed E-state index contributed by atoms with van der Waals surface area (Å²) in [6.45, 7) is 2.40. The molecule has 212 valence electrons. The number of aromatic nitrogens is 6. The molecule has 1 aliphatic heterocycles. The quantitative estimate of drug-likeness (QED) is 0.240. The molecule has 0 aliphatic carbocycles. The highest BCUT2D eigenvalue weighted by molar-refractivity contribution is 8.32. The van der Waals surface area contributed by atoms with E-state index in [-0.39, 0.29) is 36.3 Å². The van der Waals surface area contributed by atoms with Gasteiger partial charge in [0.25, 0.3) is 0 Å². The Hall–Kier alpha value is -3.17. The Balaban J connectivity index is 1.47. The number of anilines is 2. The van der Waals surface area contributed by atoms with Crippen LogP contribution < -0.4 is 10.2 Å². The van der Waals surface area contributed by atoms with Crippen LogP contribution in [-0.4, -0.2) is 86.6 Å². The molecule has 1 aromatic carbocycles. The molecule has 0 bridgehead atoms. The zero-order valence-electron chi connectivity index (χ0n) is 21.8. The first-order valence-corrected chi connectivity index (χ1v) is 15.3. The van der Waals surface area contributed by atoms with Crippen LogP contribution in [-0.2, 0) is 28.9 Å². The van der Waals surface area contributed by atoms with Crippen molar-refractivity contribution in [1.82, 2.24) is 29.1 Å². The minimum Gasteiger partial charge on any atom is -0.378 e. The number of para-hydroxylation sites is 1.